The number of benzene rings is 2. The van der Waals surface area contributed by atoms with E-state index in [0.29, 0.717) is 30.4 Å². The monoisotopic (exact) mass is 350 g/mol. The van der Waals surface area contributed by atoms with E-state index in [1.165, 1.54) is 0 Å². The maximum absolute atomic E-state index is 12.1. The van der Waals surface area contributed by atoms with E-state index < -0.39 is 6.10 Å². The lowest BCUT2D eigenvalue weighted by Gasteiger charge is -2.22. The molecule has 6 heteroatoms. The highest BCUT2D eigenvalue weighted by atomic mass is 16.6. The van der Waals surface area contributed by atoms with Crippen molar-refractivity contribution in [2.24, 2.45) is 0 Å². The molecule has 1 N–H and O–H groups in total. The number of carbonyl (C=O) groups is 1. The Morgan fingerprint density at radius 3 is 2.73 bits per heavy atom. The maximum atomic E-state index is 12.1. The number of pyridine rings is 1. The number of ether oxygens (including phenoxy) is 3. The second kappa shape index (κ2) is 7.51. The third kappa shape index (κ3) is 3.66. The van der Waals surface area contributed by atoms with E-state index in [2.05, 4.69) is 10.3 Å². The molecule has 0 spiro atoms. The fourth-order valence-corrected chi connectivity index (χ4v) is 2.75. The molecule has 0 bridgehead atoms. The smallest absolute Gasteiger partial charge is 0.255 e. The second-order valence-electron chi connectivity index (χ2n) is 5.88. The quantitative estimate of drug-likeness (QED) is 0.781. The molecule has 2 heterocycles. The first kappa shape index (κ1) is 16.5. The number of anilines is 1. The van der Waals surface area contributed by atoms with Crippen LogP contribution in [0.3, 0.4) is 0 Å². The molecule has 1 aliphatic heterocycles. The molecule has 2 aromatic carbocycles. The number of amides is 1. The SMILES string of the molecule is O=C(Nc1ccc(Oc2cccc3cccnc23)cc1)[C@@H]1COCCO1. The Morgan fingerprint density at radius 1 is 1.08 bits per heavy atom. The first-order chi connectivity index (χ1) is 12.8. The van der Waals surface area contributed by atoms with E-state index in [0.717, 1.165) is 10.9 Å². The van der Waals surface area contributed by atoms with E-state index in [9.17, 15) is 4.79 Å². The van der Waals surface area contributed by atoms with Crippen LogP contribution in [-0.4, -0.2) is 36.8 Å². The first-order valence-corrected chi connectivity index (χ1v) is 8.41. The average Bonchev–Trinajstić information content (AvgIpc) is 2.70. The van der Waals surface area contributed by atoms with Crippen molar-refractivity contribution in [3.05, 3.63) is 60.8 Å². The second-order valence-corrected chi connectivity index (χ2v) is 5.88. The summed E-state index contributed by atoms with van der Waals surface area (Å²) < 4.78 is 16.6. The Bertz CT molecular complexity index is 900. The zero-order chi connectivity index (χ0) is 17.8. The van der Waals surface area contributed by atoms with E-state index in [-0.39, 0.29) is 12.5 Å². The van der Waals surface area contributed by atoms with Crippen LogP contribution in [0.15, 0.2) is 60.8 Å². The largest absolute Gasteiger partial charge is 0.455 e. The molecule has 6 nitrogen and oxygen atoms in total. The number of aromatic nitrogens is 1. The zero-order valence-electron chi connectivity index (χ0n) is 14.1. The van der Waals surface area contributed by atoms with Crippen molar-refractivity contribution in [3.63, 3.8) is 0 Å². The Labute approximate surface area is 150 Å². The van der Waals surface area contributed by atoms with Crippen LogP contribution in [0.4, 0.5) is 5.69 Å². The van der Waals surface area contributed by atoms with Gasteiger partial charge in [0.15, 0.2) is 11.9 Å². The van der Waals surface area contributed by atoms with Gasteiger partial charge >= 0.3 is 0 Å². The number of para-hydroxylation sites is 1. The van der Waals surface area contributed by atoms with E-state index >= 15 is 0 Å². The van der Waals surface area contributed by atoms with Crippen molar-refractivity contribution in [2.45, 2.75) is 6.10 Å². The molecular formula is C20H18N2O4. The van der Waals surface area contributed by atoms with Gasteiger partial charge in [-0.25, -0.2) is 0 Å². The van der Waals surface area contributed by atoms with Crippen LogP contribution in [-0.2, 0) is 14.3 Å². The van der Waals surface area contributed by atoms with Gasteiger partial charge in [0.25, 0.3) is 5.91 Å². The Morgan fingerprint density at radius 2 is 1.92 bits per heavy atom. The number of hydrogen-bond acceptors (Lipinski definition) is 5. The fourth-order valence-electron chi connectivity index (χ4n) is 2.75. The molecule has 0 saturated carbocycles. The number of nitrogens with zero attached hydrogens (tertiary/aromatic N) is 1. The summed E-state index contributed by atoms with van der Waals surface area (Å²) in [7, 11) is 0. The molecule has 0 unspecified atom stereocenters. The third-order valence-electron chi connectivity index (χ3n) is 4.05. The van der Waals surface area contributed by atoms with Gasteiger partial charge in [-0.3, -0.25) is 9.78 Å². The summed E-state index contributed by atoms with van der Waals surface area (Å²) >= 11 is 0. The predicted molar refractivity (Wildman–Crippen MR) is 97.4 cm³/mol. The lowest BCUT2D eigenvalue weighted by Crippen LogP contribution is -2.39. The minimum atomic E-state index is -0.568. The van der Waals surface area contributed by atoms with E-state index in [4.69, 9.17) is 14.2 Å². The summed E-state index contributed by atoms with van der Waals surface area (Å²) in [5.74, 6) is 1.14. The Hall–Kier alpha value is -2.96. The van der Waals surface area contributed by atoms with Crippen molar-refractivity contribution >= 4 is 22.5 Å². The standard InChI is InChI=1S/C20H18N2O4/c23-20(18-13-24-11-12-25-18)22-15-6-8-16(9-7-15)26-17-5-1-3-14-4-2-10-21-19(14)17/h1-10,18H,11-13H2,(H,22,23)/t18-/m0/s1. The normalized spacial score (nSPS) is 17.0. The van der Waals surface area contributed by atoms with Gasteiger partial charge in [0, 0.05) is 17.3 Å². The summed E-state index contributed by atoms with van der Waals surface area (Å²) in [4.78, 5) is 16.5. The molecule has 1 atom stereocenters. The topological polar surface area (TPSA) is 69.7 Å². The Kier molecular flexibility index (Phi) is 4.77. The zero-order valence-corrected chi connectivity index (χ0v) is 14.1. The van der Waals surface area contributed by atoms with Gasteiger partial charge in [0.2, 0.25) is 0 Å². The molecule has 1 aliphatic rings. The van der Waals surface area contributed by atoms with Crippen LogP contribution in [0.5, 0.6) is 11.5 Å². The van der Waals surface area contributed by atoms with Gasteiger partial charge in [-0.1, -0.05) is 18.2 Å². The molecule has 4 rings (SSSR count). The van der Waals surface area contributed by atoms with Crippen molar-refractivity contribution in [1.29, 1.82) is 0 Å². The molecule has 132 valence electrons. The van der Waals surface area contributed by atoms with Crippen molar-refractivity contribution in [2.75, 3.05) is 25.1 Å². The molecule has 0 radical (unpaired) electrons. The van der Waals surface area contributed by atoms with Gasteiger partial charge < -0.3 is 19.5 Å². The minimum absolute atomic E-state index is 0.211. The first-order valence-electron chi connectivity index (χ1n) is 8.41. The van der Waals surface area contributed by atoms with Gasteiger partial charge in [0.1, 0.15) is 11.3 Å². The number of fused-ring (bicyclic) bond motifs is 1. The molecule has 26 heavy (non-hydrogen) atoms. The summed E-state index contributed by atoms with van der Waals surface area (Å²) in [5, 5.41) is 3.84. The van der Waals surface area contributed by atoms with E-state index in [1.54, 1.807) is 30.5 Å². The third-order valence-corrected chi connectivity index (χ3v) is 4.05. The van der Waals surface area contributed by atoms with Crippen LogP contribution in [0, 0.1) is 0 Å². The molecule has 0 aliphatic carbocycles. The number of carbonyl (C=O) groups excluding carboxylic acids is 1. The van der Waals surface area contributed by atoms with Gasteiger partial charge in [-0.05, 0) is 36.4 Å². The summed E-state index contributed by atoms with van der Waals surface area (Å²) in [6.45, 7) is 1.24. The summed E-state index contributed by atoms with van der Waals surface area (Å²) in [6.07, 6.45) is 1.17. The van der Waals surface area contributed by atoms with Crippen LogP contribution in [0.25, 0.3) is 10.9 Å². The molecule has 1 amide bonds. The number of rotatable bonds is 4. The van der Waals surface area contributed by atoms with Crippen molar-refractivity contribution in [1.82, 2.24) is 4.98 Å². The highest BCUT2D eigenvalue weighted by Gasteiger charge is 2.22. The van der Waals surface area contributed by atoms with E-state index in [1.807, 2.05) is 30.3 Å². The number of nitrogens with one attached hydrogen (secondary N) is 1. The highest BCUT2D eigenvalue weighted by Crippen LogP contribution is 2.28. The molecular weight excluding hydrogens is 332 g/mol. The molecule has 3 aromatic rings. The van der Waals surface area contributed by atoms with Crippen molar-refractivity contribution in [3.8, 4) is 11.5 Å². The minimum Gasteiger partial charge on any atom is -0.455 e. The molecule has 1 aromatic heterocycles. The number of hydrogen-bond donors (Lipinski definition) is 1. The van der Waals surface area contributed by atoms with Crippen LogP contribution in [0.1, 0.15) is 0 Å². The van der Waals surface area contributed by atoms with Crippen LogP contribution < -0.4 is 10.1 Å². The molecule has 1 fully saturated rings. The highest BCUT2D eigenvalue weighted by molar-refractivity contribution is 5.94. The molecule has 1 saturated heterocycles. The predicted octanol–water partition coefficient (Wildman–Crippen LogP) is 3.38. The lowest BCUT2D eigenvalue weighted by molar-refractivity contribution is -0.142. The van der Waals surface area contributed by atoms with Crippen molar-refractivity contribution < 1.29 is 19.0 Å². The van der Waals surface area contributed by atoms with Crippen LogP contribution >= 0.6 is 0 Å². The maximum Gasteiger partial charge on any atom is 0.255 e. The summed E-state index contributed by atoms with van der Waals surface area (Å²) in [6, 6.07) is 16.9. The lowest BCUT2D eigenvalue weighted by atomic mass is 10.2. The van der Waals surface area contributed by atoms with Gasteiger partial charge in [0.05, 0.1) is 19.8 Å². The Balaban J connectivity index is 1.45. The van der Waals surface area contributed by atoms with Gasteiger partial charge in [-0.2, -0.15) is 0 Å². The van der Waals surface area contributed by atoms with Gasteiger partial charge in [-0.15, -0.1) is 0 Å². The fraction of sp³-hybridized carbons (Fsp3) is 0.200. The van der Waals surface area contributed by atoms with Crippen LogP contribution in [0.2, 0.25) is 0 Å². The average molecular weight is 350 g/mol. The summed E-state index contributed by atoms with van der Waals surface area (Å²) in [5.41, 5.74) is 1.48.